The van der Waals surface area contributed by atoms with Crippen molar-refractivity contribution >= 4 is 5.91 Å². The van der Waals surface area contributed by atoms with Crippen LogP contribution >= 0.6 is 0 Å². The van der Waals surface area contributed by atoms with Gasteiger partial charge in [-0.1, -0.05) is 22.9 Å². The number of nitrogens with zero attached hydrogens (tertiary/aromatic N) is 4. The maximum absolute atomic E-state index is 12.3. The fourth-order valence-electron chi connectivity index (χ4n) is 2.71. The molecule has 1 saturated heterocycles. The molecule has 0 radical (unpaired) electrons. The van der Waals surface area contributed by atoms with E-state index >= 15 is 0 Å². The Bertz CT molecular complexity index is 677. The first-order chi connectivity index (χ1) is 11.6. The number of hydrogen-bond acceptors (Lipinski definition) is 5. The van der Waals surface area contributed by atoms with E-state index in [-0.39, 0.29) is 11.9 Å². The van der Waals surface area contributed by atoms with Crippen LogP contribution in [0.15, 0.2) is 30.5 Å². The molecule has 0 unspecified atom stereocenters. The van der Waals surface area contributed by atoms with Crippen LogP contribution in [0.5, 0.6) is 0 Å². The highest BCUT2D eigenvalue weighted by Gasteiger charge is 2.17. The van der Waals surface area contributed by atoms with E-state index in [0.717, 1.165) is 38.5 Å². The normalized spacial score (nSPS) is 16.8. The standard InChI is InChI=1S/C17H23N5O2/c1-13-3-5-15(6-4-13)22-12-16(19-20-22)17(23)18-14(2)11-21-7-9-24-10-8-21/h3-6,12,14H,7-11H2,1-2H3,(H,18,23)/t14-/m1/s1. The van der Waals surface area contributed by atoms with Crippen LogP contribution in [0.1, 0.15) is 23.0 Å². The first-order valence-corrected chi connectivity index (χ1v) is 8.22. The second-order valence-corrected chi connectivity index (χ2v) is 6.17. The molecular weight excluding hydrogens is 306 g/mol. The number of benzene rings is 1. The lowest BCUT2D eigenvalue weighted by Crippen LogP contribution is -2.46. The summed E-state index contributed by atoms with van der Waals surface area (Å²) in [7, 11) is 0. The van der Waals surface area contributed by atoms with Gasteiger partial charge < -0.3 is 10.1 Å². The fraction of sp³-hybridized carbons (Fsp3) is 0.471. The largest absolute Gasteiger partial charge is 0.379 e. The van der Waals surface area contributed by atoms with Crippen molar-refractivity contribution in [3.05, 3.63) is 41.7 Å². The Hall–Kier alpha value is -2.25. The van der Waals surface area contributed by atoms with Crippen LogP contribution in [0.3, 0.4) is 0 Å². The van der Waals surface area contributed by atoms with Crippen molar-refractivity contribution in [3.8, 4) is 5.69 Å². The minimum absolute atomic E-state index is 0.0418. The Morgan fingerprint density at radius 2 is 2.00 bits per heavy atom. The average molecular weight is 329 g/mol. The van der Waals surface area contributed by atoms with Crippen molar-refractivity contribution in [1.29, 1.82) is 0 Å². The third kappa shape index (κ3) is 4.18. The van der Waals surface area contributed by atoms with Crippen molar-refractivity contribution in [1.82, 2.24) is 25.2 Å². The molecule has 1 aliphatic heterocycles. The number of carbonyl (C=O) groups is 1. The second kappa shape index (κ2) is 7.55. The average Bonchev–Trinajstić information content (AvgIpc) is 3.06. The first-order valence-electron chi connectivity index (χ1n) is 8.22. The van der Waals surface area contributed by atoms with Gasteiger partial charge in [-0.05, 0) is 26.0 Å². The van der Waals surface area contributed by atoms with Crippen LogP contribution in [0.2, 0.25) is 0 Å². The zero-order chi connectivity index (χ0) is 16.9. The number of nitrogens with one attached hydrogen (secondary N) is 1. The van der Waals surface area contributed by atoms with Crippen LogP contribution in [0.25, 0.3) is 5.69 Å². The summed E-state index contributed by atoms with van der Waals surface area (Å²) in [4.78, 5) is 14.6. The van der Waals surface area contributed by atoms with Gasteiger partial charge in [0.1, 0.15) is 0 Å². The van der Waals surface area contributed by atoms with E-state index in [9.17, 15) is 4.79 Å². The van der Waals surface area contributed by atoms with E-state index in [4.69, 9.17) is 4.74 Å². The van der Waals surface area contributed by atoms with Gasteiger partial charge in [0.15, 0.2) is 5.69 Å². The molecule has 1 atom stereocenters. The predicted molar refractivity (Wildman–Crippen MR) is 90.3 cm³/mol. The van der Waals surface area contributed by atoms with Gasteiger partial charge in [-0.3, -0.25) is 9.69 Å². The number of aryl methyl sites for hydroxylation is 1. The SMILES string of the molecule is Cc1ccc(-n2cc(C(=O)N[C@H](C)CN3CCOCC3)nn2)cc1. The third-order valence-electron chi connectivity index (χ3n) is 4.04. The summed E-state index contributed by atoms with van der Waals surface area (Å²) >= 11 is 0. The molecule has 1 aliphatic rings. The molecule has 0 aliphatic carbocycles. The second-order valence-electron chi connectivity index (χ2n) is 6.17. The van der Waals surface area contributed by atoms with Crippen molar-refractivity contribution in [2.75, 3.05) is 32.8 Å². The summed E-state index contributed by atoms with van der Waals surface area (Å²) < 4.78 is 6.95. The Labute approximate surface area is 141 Å². The number of rotatable bonds is 5. The molecule has 0 saturated carbocycles. The van der Waals surface area contributed by atoms with E-state index in [1.165, 1.54) is 5.56 Å². The molecule has 1 amide bonds. The molecule has 2 aromatic rings. The van der Waals surface area contributed by atoms with Crippen molar-refractivity contribution in [3.63, 3.8) is 0 Å². The van der Waals surface area contributed by atoms with Gasteiger partial charge in [-0.25, -0.2) is 4.68 Å². The van der Waals surface area contributed by atoms with Gasteiger partial charge in [-0.15, -0.1) is 5.10 Å². The fourth-order valence-corrected chi connectivity index (χ4v) is 2.71. The lowest BCUT2D eigenvalue weighted by Gasteiger charge is -2.29. The minimum atomic E-state index is -0.200. The van der Waals surface area contributed by atoms with Crippen molar-refractivity contribution < 1.29 is 9.53 Å². The van der Waals surface area contributed by atoms with Crippen LogP contribution in [-0.2, 0) is 4.74 Å². The Morgan fingerprint density at radius 1 is 1.29 bits per heavy atom. The summed E-state index contributed by atoms with van der Waals surface area (Å²) in [6.45, 7) is 8.16. The molecule has 1 aromatic heterocycles. The highest BCUT2D eigenvalue weighted by Crippen LogP contribution is 2.08. The summed E-state index contributed by atoms with van der Waals surface area (Å²) in [6, 6.07) is 7.95. The van der Waals surface area contributed by atoms with E-state index in [1.807, 2.05) is 38.1 Å². The first kappa shape index (κ1) is 16.6. The zero-order valence-corrected chi connectivity index (χ0v) is 14.1. The lowest BCUT2D eigenvalue weighted by molar-refractivity contribution is 0.0342. The summed E-state index contributed by atoms with van der Waals surface area (Å²) in [5, 5.41) is 11.0. The topological polar surface area (TPSA) is 72.3 Å². The number of morpholine rings is 1. The molecule has 1 aromatic carbocycles. The van der Waals surface area contributed by atoms with E-state index < -0.39 is 0 Å². The van der Waals surface area contributed by atoms with Gasteiger partial charge in [0.25, 0.3) is 5.91 Å². The molecule has 1 fully saturated rings. The molecule has 0 spiro atoms. The van der Waals surface area contributed by atoms with Crippen molar-refractivity contribution in [2.45, 2.75) is 19.9 Å². The smallest absolute Gasteiger partial charge is 0.273 e. The molecule has 2 heterocycles. The molecule has 24 heavy (non-hydrogen) atoms. The van der Waals surface area contributed by atoms with Crippen LogP contribution in [0, 0.1) is 6.92 Å². The summed E-state index contributed by atoms with van der Waals surface area (Å²) in [5.74, 6) is -0.200. The molecule has 3 rings (SSSR count). The van der Waals surface area contributed by atoms with Gasteiger partial charge in [0, 0.05) is 25.7 Å². The van der Waals surface area contributed by atoms with Gasteiger partial charge in [0.05, 0.1) is 25.1 Å². The zero-order valence-electron chi connectivity index (χ0n) is 14.1. The molecule has 1 N–H and O–H groups in total. The maximum atomic E-state index is 12.3. The van der Waals surface area contributed by atoms with Crippen LogP contribution in [-0.4, -0.2) is 64.7 Å². The van der Waals surface area contributed by atoms with Crippen LogP contribution in [0.4, 0.5) is 0 Å². The highest BCUT2D eigenvalue weighted by atomic mass is 16.5. The number of carbonyl (C=O) groups excluding carboxylic acids is 1. The lowest BCUT2D eigenvalue weighted by atomic mass is 10.2. The Balaban J connectivity index is 1.58. The van der Waals surface area contributed by atoms with Crippen molar-refractivity contribution in [2.24, 2.45) is 0 Å². The number of ether oxygens (including phenoxy) is 1. The molecule has 128 valence electrons. The van der Waals surface area contributed by atoms with E-state index in [1.54, 1.807) is 10.9 Å². The van der Waals surface area contributed by atoms with Gasteiger partial charge in [-0.2, -0.15) is 0 Å². The van der Waals surface area contributed by atoms with E-state index in [2.05, 4.69) is 20.5 Å². The van der Waals surface area contributed by atoms with Gasteiger partial charge >= 0.3 is 0 Å². The van der Waals surface area contributed by atoms with Crippen LogP contribution < -0.4 is 5.32 Å². The third-order valence-corrected chi connectivity index (χ3v) is 4.04. The molecular formula is C17H23N5O2. The number of hydrogen-bond donors (Lipinski definition) is 1. The summed E-state index contributed by atoms with van der Waals surface area (Å²) in [6.07, 6.45) is 1.65. The van der Waals surface area contributed by atoms with Gasteiger partial charge in [0.2, 0.25) is 0 Å². The maximum Gasteiger partial charge on any atom is 0.273 e. The monoisotopic (exact) mass is 329 g/mol. The van der Waals surface area contributed by atoms with E-state index in [0.29, 0.717) is 5.69 Å². The molecule has 7 nitrogen and oxygen atoms in total. The Kier molecular flexibility index (Phi) is 5.22. The number of amides is 1. The quantitative estimate of drug-likeness (QED) is 0.887. The predicted octanol–water partition coefficient (Wildman–Crippen LogP) is 1.03. The Morgan fingerprint density at radius 3 is 2.71 bits per heavy atom. The molecule has 7 heteroatoms. The molecule has 0 bridgehead atoms. The summed E-state index contributed by atoms with van der Waals surface area (Å²) in [5.41, 5.74) is 2.38. The number of aromatic nitrogens is 3. The highest BCUT2D eigenvalue weighted by molar-refractivity contribution is 5.92. The minimum Gasteiger partial charge on any atom is -0.379 e.